The van der Waals surface area contributed by atoms with Crippen LogP contribution in [0.25, 0.3) is 0 Å². The minimum absolute atomic E-state index is 0.00960. The van der Waals surface area contributed by atoms with Crippen molar-refractivity contribution in [1.29, 1.82) is 0 Å². The zero-order valence-electron chi connectivity index (χ0n) is 17.0. The Morgan fingerprint density at radius 1 is 1.17 bits per heavy atom. The van der Waals surface area contributed by atoms with Crippen molar-refractivity contribution in [2.24, 2.45) is 11.0 Å². The first-order valence-corrected chi connectivity index (χ1v) is 11.0. The topological polar surface area (TPSA) is 89.0 Å². The molecule has 0 aliphatic heterocycles. The number of carbonyl (C=O) groups is 2. The average Bonchev–Trinajstić information content (AvgIpc) is 2.70. The van der Waals surface area contributed by atoms with Gasteiger partial charge in [-0.25, -0.2) is 5.43 Å². The number of hydrazone groups is 1. The number of amides is 2. The lowest BCUT2D eigenvalue weighted by atomic mass is 10.1. The van der Waals surface area contributed by atoms with Gasteiger partial charge in [0.2, 0.25) is 5.91 Å². The van der Waals surface area contributed by atoms with Gasteiger partial charge in [-0.05, 0) is 89.1 Å². The number of ether oxygens (including phenoxy) is 2. The highest BCUT2D eigenvalue weighted by atomic mass is 127. The van der Waals surface area contributed by atoms with E-state index < -0.39 is 17.7 Å². The maximum Gasteiger partial charge on any atom is 0.252 e. The molecule has 2 rings (SSSR count). The van der Waals surface area contributed by atoms with E-state index in [4.69, 9.17) is 9.47 Å². The lowest BCUT2D eigenvalue weighted by Gasteiger charge is -2.15. The molecule has 0 saturated heterocycles. The van der Waals surface area contributed by atoms with Gasteiger partial charge in [-0.1, -0.05) is 12.1 Å². The molecule has 0 aliphatic rings. The van der Waals surface area contributed by atoms with Gasteiger partial charge < -0.3 is 14.8 Å². The minimum Gasteiger partial charge on any atom is -0.493 e. The molecule has 2 N–H and O–H groups in total. The fraction of sp³-hybridized carbons (Fsp3) is 0.286. The first-order chi connectivity index (χ1) is 14.2. The summed E-state index contributed by atoms with van der Waals surface area (Å²) in [5.41, 5.74) is 3.71. The largest absolute Gasteiger partial charge is 0.493 e. The molecule has 0 heterocycles. The third-order valence-electron chi connectivity index (χ3n) is 3.91. The standard InChI is InChI=1S/C21H23BrIN3O4/c1-12(2)30-19-16(23)9-14(10-18(19)29-4)11-24-26-21(28)13(3)20(27)25-17-8-6-5-7-15(17)22/h5-13H,1-4H3,(H,25,27)(H,26,28). The number of hydrogen-bond donors (Lipinski definition) is 2. The van der Waals surface area contributed by atoms with Crippen molar-refractivity contribution >= 4 is 62.2 Å². The normalized spacial score (nSPS) is 12.0. The second kappa shape index (κ2) is 11.3. The summed E-state index contributed by atoms with van der Waals surface area (Å²) in [7, 11) is 1.56. The van der Waals surface area contributed by atoms with Crippen LogP contribution >= 0.6 is 38.5 Å². The number of carbonyl (C=O) groups excluding carboxylic acids is 2. The fourth-order valence-electron chi connectivity index (χ4n) is 2.35. The number of anilines is 1. The molecule has 2 aromatic rings. The summed E-state index contributed by atoms with van der Waals surface area (Å²) in [6, 6.07) is 10.8. The van der Waals surface area contributed by atoms with Crippen LogP contribution in [0.2, 0.25) is 0 Å². The molecule has 160 valence electrons. The van der Waals surface area contributed by atoms with Gasteiger partial charge in [-0.3, -0.25) is 9.59 Å². The zero-order valence-corrected chi connectivity index (χ0v) is 20.8. The Balaban J connectivity index is 2.02. The number of hydrogen-bond acceptors (Lipinski definition) is 5. The SMILES string of the molecule is COc1cc(C=NNC(=O)C(C)C(=O)Nc2ccccc2Br)cc(I)c1OC(C)C. The van der Waals surface area contributed by atoms with Crippen molar-refractivity contribution in [3.8, 4) is 11.5 Å². The van der Waals surface area contributed by atoms with Crippen LogP contribution in [0, 0.1) is 9.49 Å². The predicted molar refractivity (Wildman–Crippen MR) is 129 cm³/mol. The lowest BCUT2D eigenvalue weighted by molar-refractivity contribution is -0.131. The molecule has 0 aliphatic carbocycles. The molecule has 0 bridgehead atoms. The van der Waals surface area contributed by atoms with Crippen molar-refractivity contribution in [1.82, 2.24) is 5.43 Å². The van der Waals surface area contributed by atoms with Gasteiger partial charge in [0.1, 0.15) is 5.92 Å². The summed E-state index contributed by atoms with van der Waals surface area (Å²) in [6.45, 7) is 5.39. The second-order valence-electron chi connectivity index (χ2n) is 6.63. The molecule has 0 radical (unpaired) electrons. The van der Waals surface area contributed by atoms with E-state index in [9.17, 15) is 9.59 Å². The van der Waals surface area contributed by atoms with Gasteiger partial charge in [0.05, 0.1) is 28.7 Å². The summed E-state index contributed by atoms with van der Waals surface area (Å²) >= 11 is 5.51. The first kappa shape index (κ1) is 24.1. The van der Waals surface area contributed by atoms with Crippen molar-refractivity contribution in [3.05, 3.63) is 50.0 Å². The molecule has 1 atom stereocenters. The Bertz CT molecular complexity index is 950. The monoisotopic (exact) mass is 587 g/mol. The maximum absolute atomic E-state index is 12.3. The number of methoxy groups -OCH3 is 1. The molecule has 0 aromatic heterocycles. The summed E-state index contributed by atoms with van der Waals surface area (Å²) in [4.78, 5) is 24.6. The van der Waals surface area contributed by atoms with Crippen LogP contribution in [-0.4, -0.2) is 31.2 Å². The van der Waals surface area contributed by atoms with E-state index in [1.54, 1.807) is 31.4 Å². The third-order valence-corrected chi connectivity index (χ3v) is 5.40. The van der Waals surface area contributed by atoms with E-state index in [1.165, 1.54) is 13.1 Å². The number of benzene rings is 2. The summed E-state index contributed by atoms with van der Waals surface area (Å²) < 4.78 is 12.8. The van der Waals surface area contributed by atoms with Crippen LogP contribution in [0.4, 0.5) is 5.69 Å². The van der Waals surface area contributed by atoms with Crippen LogP contribution < -0.4 is 20.2 Å². The Labute approximate surface area is 197 Å². The molecule has 2 amide bonds. The Hall–Kier alpha value is -2.14. The highest BCUT2D eigenvalue weighted by Crippen LogP contribution is 2.34. The number of nitrogens with zero attached hydrogens (tertiary/aromatic N) is 1. The third kappa shape index (κ3) is 6.69. The van der Waals surface area contributed by atoms with E-state index in [1.807, 2.05) is 26.0 Å². The van der Waals surface area contributed by atoms with E-state index >= 15 is 0 Å². The van der Waals surface area contributed by atoms with Crippen LogP contribution in [0.15, 0.2) is 46.0 Å². The van der Waals surface area contributed by atoms with E-state index in [0.29, 0.717) is 17.2 Å². The predicted octanol–water partition coefficient (Wildman–Crippen LogP) is 4.57. The van der Waals surface area contributed by atoms with Crippen LogP contribution in [0.5, 0.6) is 11.5 Å². The van der Waals surface area contributed by atoms with E-state index in [-0.39, 0.29) is 6.10 Å². The van der Waals surface area contributed by atoms with Gasteiger partial charge in [-0.15, -0.1) is 0 Å². The van der Waals surface area contributed by atoms with Gasteiger partial charge in [0.15, 0.2) is 11.5 Å². The first-order valence-electron chi connectivity index (χ1n) is 9.15. The van der Waals surface area contributed by atoms with E-state index in [2.05, 4.69) is 54.4 Å². The molecule has 9 heteroatoms. The molecule has 30 heavy (non-hydrogen) atoms. The Morgan fingerprint density at radius 3 is 2.50 bits per heavy atom. The molecule has 0 fully saturated rings. The molecule has 2 aromatic carbocycles. The summed E-state index contributed by atoms with van der Waals surface area (Å²) in [6.07, 6.45) is 1.50. The second-order valence-corrected chi connectivity index (χ2v) is 8.64. The molecule has 0 spiro atoms. The Morgan fingerprint density at radius 2 is 1.87 bits per heavy atom. The van der Waals surface area contributed by atoms with Crippen LogP contribution in [0.1, 0.15) is 26.3 Å². The maximum atomic E-state index is 12.3. The Kier molecular flexibility index (Phi) is 9.09. The zero-order chi connectivity index (χ0) is 22.3. The molecule has 0 saturated carbocycles. The quantitative estimate of drug-likeness (QED) is 0.205. The average molecular weight is 588 g/mol. The highest BCUT2D eigenvalue weighted by molar-refractivity contribution is 14.1. The molecular formula is C21H23BrIN3O4. The van der Waals surface area contributed by atoms with Gasteiger partial charge in [-0.2, -0.15) is 5.10 Å². The van der Waals surface area contributed by atoms with Crippen molar-refractivity contribution < 1.29 is 19.1 Å². The molecular weight excluding hydrogens is 565 g/mol. The van der Waals surface area contributed by atoms with Gasteiger partial charge in [0.25, 0.3) is 5.91 Å². The molecule has 7 nitrogen and oxygen atoms in total. The highest BCUT2D eigenvalue weighted by Gasteiger charge is 2.21. The molecule has 1 unspecified atom stereocenters. The van der Waals surface area contributed by atoms with Crippen molar-refractivity contribution in [2.75, 3.05) is 12.4 Å². The number of halogens is 2. The van der Waals surface area contributed by atoms with Crippen LogP contribution in [0.3, 0.4) is 0 Å². The van der Waals surface area contributed by atoms with Gasteiger partial charge >= 0.3 is 0 Å². The van der Waals surface area contributed by atoms with Gasteiger partial charge in [0, 0.05) is 4.47 Å². The summed E-state index contributed by atoms with van der Waals surface area (Å²) in [5.74, 6) is -0.639. The minimum atomic E-state index is -0.925. The fourth-order valence-corrected chi connectivity index (χ4v) is 3.49. The number of rotatable bonds is 8. The number of para-hydroxylation sites is 1. The summed E-state index contributed by atoms with van der Waals surface area (Å²) in [5, 5.41) is 6.68. The lowest BCUT2D eigenvalue weighted by Crippen LogP contribution is -2.34. The van der Waals surface area contributed by atoms with Crippen molar-refractivity contribution in [2.45, 2.75) is 26.9 Å². The number of nitrogens with one attached hydrogen (secondary N) is 2. The van der Waals surface area contributed by atoms with Crippen LogP contribution in [-0.2, 0) is 9.59 Å². The van der Waals surface area contributed by atoms with E-state index in [0.717, 1.165) is 13.6 Å². The van der Waals surface area contributed by atoms with Crippen molar-refractivity contribution in [3.63, 3.8) is 0 Å². The smallest absolute Gasteiger partial charge is 0.252 e.